The van der Waals surface area contributed by atoms with E-state index >= 15 is 0 Å². The number of anilines is 1. The summed E-state index contributed by atoms with van der Waals surface area (Å²) in [6, 6.07) is 7.70. The number of urea groups is 1. The zero-order chi connectivity index (χ0) is 17.6. The summed E-state index contributed by atoms with van der Waals surface area (Å²) in [6.07, 6.45) is 6.60. The molecule has 0 aromatic heterocycles. The fraction of sp³-hybridized carbons (Fsp3) is 0.526. The van der Waals surface area contributed by atoms with Gasteiger partial charge in [0.25, 0.3) is 0 Å². The highest BCUT2D eigenvalue weighted by atomic mass is 16.2. The zero-order valence-corrected chi connectivity index (χ0v) is 14.4. The van der Waals surface area contributed by atoms with Crippen molar-refractivity contribution < 1.29 is 14.4 Å². The maximum absolute atomic E-state index is 12.5. The van der Waals surface area contributed by atoms with Crippen LogP contribution in [0.25, 0.3) is 0 Å². The third kappa shape index (κ3) is 4.38. The van der Waals surface area contributed by atoms with Gasteiger partial charge >= 0.3 is 6.03 Å². The first kappa shape index (κ1) is 17.5. The quantitative estimate of drug-likeness (QED) is 0.882. The van der Waals surface area contributed by atoms with Gasteiger partial charge in [-0.1, -0.05) is 37.5 Å². The van der Waals surface area contributed by atoms with Crippen molar-refractivity contribution in [2.45, 2.75) is 51.0 Å². The Bertz CT molecular complexity index is 626. The highest BCUT2D eigenvalue weighted by Crippen LogP contribution is 2.24. The Labute approximate surface area is 148 Å². The molecule has 134 valence electrons. The van der Waals surface area contributed by atoms with Crippen LogP contribution < -0.4 is 10.6 Å². The van der Waals surface area contributed by atoms with Crippen LogP contribution in [0.4, 0.5) is 10.5 Å². The maximum Gasteiger partial charge on any atom is 0.329 e. The Morgan fingerprint density at radius 2 is 1.76 bits per heavy atom. The molecular formula is C19H25N3O3. The van der Waals surface area contributed by atoms with Gasteiger partial charge in [0.15, 0.2) is 0 Å². The number of hydrogen-bond donors (Lipinski definition) is 2. The topological polar surface area (TPSA) is 78.5 Å². The van der Waals surface area contributed by atoms with E-state index in [1.807, 2.05) is 6.07 Å². The molecular weight excluding hydrogens is 318 g/mol. The lowest BCUT2D eigenvalue weighted by molar-refractivity contribution is -0.132. The second-order valence-electron chi connectivity index (χ2n) is 6.86. The number of rotatable bonds is 4. The van der Waals surface area contributed by atoms with Crippen LogP contribution in [-0.2, 0) is 9.59 Å². The van der Waals surface area contributed by atoms with Crippen LogP contribution in [-0.4, -0.2) is 35.3 Å². The van der Waals surface area contributed by atoms with Gasteiger partial charge in [-0.25, -0.2) is 4.79 Å². The van der Waals surface area contributed by atoms with Gasteiger partial charge in [0, 0.05) is 18.7 Å². The molecule has 4 amide bonds. The fourth-order valence-corrected chi connectivity index (χ4v) is 3.65. The number of imide groups is 1. The normalized spacial score (nSPS) is 21.2. The minimum absolute atomic E-state index is 0.223. The Morgan fingerprint density at radius 1 is 1.04 bits per heavy atom. The van der Waals surface area contributed by atoms with Gasteiger partial charge in [-0.3, -0.25) is 14.5 Å². The largest absolute Gasteiger partial charge is 0.354 e. The summed E-state index contributed by atoms with van der Waals surface area (Å²) in [5.41, 5.74) is 0.605. The number of nitrogens with one attached hydrogen (secondary N) is 2. The van der Waals surface area contributed by atoms with Crippen molar-refractivity contribution in [1.29, 1.82) is 0 Å². The smallest absolute Gasteiger partial charge is 0.329 e. The third-order valence-electron chi connectivity index (χ3n) is 5.05. The first-order chi connectivity index (χ1) is 12.1. The SMILES string of the molecule is O=C(NCC1CCCCC1)[C@@H]1CCC(=O)N1C(=O)Nc1ccccc1. The molecule has 2 fully saturated rings. The number of carbonyl (C=O) groups is 3. The average Bonchev–Trinajstić information content (AvgIpc) is 3.03. The van der Waals surface area contributed by atoms with Gasteiger partial charge in [-0.2, -0.15) is 0 Å². The van der Waals surface area contributed by atoms with Crippen molar-refractivity contribution >= 4 is 23.5 Å². The maximum atomic E-state index is 12.5. The molecule has 1 saturated carbocycles. The molecule has 6 heteroatoms. The summed E-state index contributed by atoms with van der Waals surface area (Å²) in [7, 11) is 0. The number of para-hydroxylation sites is 1. The zero-order valence-electron chi connectivity index (χ0n) is 14.4. The van der Waals surface area contributed by atoms with Gasteiger partial charge in [-0.05, 0) is 37.3 Å². The van der Waals surface area contributed by atoms with Crippen molar-refractivity contribution in [2.24, 2.45) is 5.92 Å². The van der Waals surface area contributed by atoms with Crippen LogP contribution in [0.3, 0.4) is 0 Å². The molecule has 1 aromatic rings. The Morgan fingerprint density at radius 3 is 2.48 bits per heavy atom. The molecule has 1 heterocycles. The summed E-state index contributed by atoms with van der Waals surface area (Å²) in [5.74, 6) is -0.00715. The van der Waals surface area contributed by atoms with E-state index in [1.54, 1.807) is 24.3 Å². The first-order valence-electron chi connectivity index (χ1n) is 9.11. The molecule has 0 unspecified atom stereocenters. The highest BCUT2D eigenvalue weighted by Gasteiger charge is 2.40. The summed E-state index contributed by atoms with van der Waals surface area (Å²) in [4.78, 5) is 38.2. The summed E-state index contributed by atoms with van der Waals surface area (Å²) < 4.78 is 0. The van der Waals surface area contributed by atoms with Crippen LogP contribution >= 0.6 is 0 Å². The fourth-order valence-electron chi connectivity index (χ4n) is 3.65. The van der Waals surface area contributed by atoms with Gasteiger partial charge in [0.1, 0.15) is 6.04 Å². The van der Waals surface area contributed by atoms with E-state index in [-0.39, 0.29) is 18.2 Å². The molecule has 1 aromatic carbocycles. The monoisotopic (exact) mass is 343 g/mol. The molecule has 2 N–H and O–H groups in total. The average molecular weight is 343 g/mol. The van der Waals surface area contributed by atoms with E-state index < -0.39 is 12.1 Å². The van der Waals surface area contributed by atoms with Crippen LogP contribution in [0.2, 0.25) is 0 Å². The molecule has 0 bridgehead atoms. The molecule has 2 aliphatic rings. The minimum Gasteiger partial charge on any atom is -0.354 e. The number of nitrogens with zero attached hydrogens (tertiary/aromatic N) is 1. The number of likely N-dealkylation sites (tertiary alicyclic amines) is 1. The van der Waals surface area contributed by atoms with Gasteiger partial charge in [-0.15, -0.1) is 0 Å². The number of hydrogen-bond acceptors (Lipinski definition) is 3. The lowest BCUT2D eigenvalue weighted by Crippen LogP contribution is -2.49. The van der Waals surface area contributed by atoms with Crippen molar-refractivity contribution in [2.75, 3.05) is 11.9 Å². The molecule has 25 heavy (non-hydrogen) atoms. The number of benzene rings is 1. The van der Waals surface area contributed by atoms with Crippen molar-refractivity contribution in [3.63, 3.8) is 0 Å². The third-order valence-corrected chi connectivity index (χ3v) is 5.05. The Balaban J connectivity index is 1.58. The molecule has 1 aliphatic heterocycles. The molecule has 6 nitrogen and oxygen atoms in total. The van der Waals surface area contributed by atoms with Crippen LogP contribution in [0.1, 0.15) is 44.9 Å². The number of carbonyl (C=O) groups excluding carboxylic acids is 3. The van der Waals surface area contributed by atoms with E-state index in [1.165, 1.54) is 19.3 Å². The second kappa shape index (κ2) is 8.14. The van der Waals surface area contributed by atoms with Gasteiger partial charge in [0.05, 0.1) is 0 Å². The van der Waals surface area contributed by atoms with Crippen LogP contribution in [0.5, 0.6) is 0 Å². The number of amides is 4. The van der Waals surface area contributed by atoms with Crippen LogP contribution in [0.15, 0.2) is 30.3 Å². The Hall–Kier alpha value is -2.37. The summed E-state index contributed by atoms with van der Waals surface area (Å²) in [6.45, 7) is 0.637. The molecule has 1 saturated heterocycles. The molecule has 0 spiro atoms. The lowest BCUT2D eigenvalue weighted by Gasteiger charge is -2.25. The summed E-state index contributed by atoms with van der Waals surface area (Å²) >= 11 is 0. The minimum atomic E-state index is -0.709. The first-order valence-corrected chi connectivity index (χ1v) is 9.11. The van der Waals surface area contributed by atoms with E-state index in [0.717, 1.165) is 17.7 Å². The van der Waals surface area contributed by atoms with E-state index in [9.17, 15) is 14.4 Å². The standard InChI is InChI=1S/C19H25N3O3/c23-17-12-11-16(18(24)20-13-14-7-3-1-4-8-14)22(17)19(25)21-15-9-5-2-6-10-15/h2,5-6,9-10,14,16H,1,3-4,7-8,11-13H2,(H,20,24)(H,21,25)/t16-/m0/s1. The lowest BCUT2D eigenvalue weighted by atomic mass is 9.89. The molecule has 1 aliphatic carbocycles. The second-order valence-corrected chi connectivity index (χ2v) is 6.86. The predicted octanol–water partition coefficient (Wildman–Crippen LogP) is 2.91. The Kier molecular flexibility index (Phi) is 5.68. The van der Waals surface area contributed by atoms with Gasteiger partial charge < -0.3 is 10.6 Å². The van der Waals surface area contributed by atoms with E-state index in [4.69, 9.17) is 0 Å². The molecule has 3 rings (SSSR count). The predicted molar refractivity (Wildman–Crippen MR) is 94.9 cm³/mol. The van der Waals surface area contributed by atoms with Crippen molar-refractivity contribution in [3.05, 3.63) is 30.3 Å². The van der Waals surface area contributed by atoms with Gasteiger partial charge in [0.2, 0.25) is 11.8 Å². The summed E-state index contributed by atoms with van der Waals surface area (Å²) in [5, 5.41) is 5.64. The van der Waals surface area contributed by atoms with E-state index in [0.29, 0.717) is 24.6 Å². The van der Waals surface area contributed by atoms with E-state index in [2.05, 4.69) is 10.6 Å². The van der Waals surface area contributed by atoms with Crippen molar-refractivity contribution in [1.82, 2.24) is 10.2 Å². The molecule has 1 atom stereocenters. The molecule has 0 radical (unpaired) electrons. The highest BCUT2D eigenvalue weighted by molar-refractivity contribution is 6.06. The van der Waals surface area contributed by atoms with Crippen molar-refractivity contribution in [3.8, 4) is 0 Å². The van der Waals surface area contributed by atoms with Crippen LogP contribution in [0, 0.1) is 5.92 Å².